The Kier molecular flexibility index (Phi) is 3.84. The van der Waals surface area contributed by atoms with Gasteiger partial charge in [-0.25, -0.2) is 4.79 Å². The van der Waals surface area contributed by atoms with Crippen LogP contribution in [0.1, 0.15) is 40.5 Å². The summed E-state index contributed by atoms with van der Waals surface area (Å²) in [5.74, 6) is 0.562. The highest BCUT2D eigenvalue weighted by Crippen LogP contribution is 2.41. The molecule has 1 atom stereocenters. The lowest BCUT2D eigenvalue weighted by atomic mass is 10.0. The van der Waals surface area contributed by atoms with Gasteiger partial charge in [0.25, 0.3) is 0 Å². The molecule has 1 aliphatic carbocycles. The second-order valence-electron chi connectivity index (χ2n) is 5.65. The summed E-state index contributed by atoms with van der Waals surface area (Å²) in [6.07, 6.45) is 1.98. The molecule has 1 N–H and O–H groups in total. The van der Waals surface area contributed by atoms with Crippen molar-refractivity contribution in [2.24, 2.45) is 5.92 Å². The van der Waals surface area contributed by atoms with E-state index >= 15 is 0 Å². The molecule has 0 aromatic rings. The molecule has 16 heavy (non-hydrogen) atoms. The van der Waals surface area contributed by atoms with Crippen molar-refractivity contribution in [2.45, 2.75) is 51.7 Å². The van der Waals surface area contributed by atoms with Gasteiger partial charge in [0.15, 0.2) is 0 Å². The average Bonchev–Trinajstić information content (AvgIpc) is 2.94. The highest BCUT2D eigenvalue weighted by Gasteiger charge is 2.42. The van der Waals surface area contributed by atoms with E-state index in [-0.39, 0.29) is 11.7 Å². The van der Waals surface area contributed by atoms with Crippen LogP contribution in [0.15, 0.2) is 0 Å². The van der Waals surface area contributed by atoms with Crippen LogP contribution in [0.3, 0.4) is 0 Å². The average molecular weight is 229 g/mol. The number of hydrogen-bond donors (Lipinski definition) is 1. The van der Waals surface area contributed by atoms with Crippen LogP contribution < -0.4 is 5.32 Å². The molecule has 0 aromatic heterocycles. The van der Waals surface area contributed by atoms with Crippen molar-refractivity contribution in [3.05, 3.63) is 0 Å². The van der Waals surface area contributed by atoms with Crippen LogP contribution in [0.5, 0.6) is 0 Å². The summed E-state index contributed by atoms with van der Waals surface area (Å²) in [6.45, 7) is 8.08. The van der Waals surface area contributed by atoms with Gasteiger partial charge in [0.2, 0.25) is 0 Å². The summed E-state index contributed by atoms with van der Waals surface area (Å²) in [7, 11) is 1.69. The highest BCUT2D eigenvalue weighted by atomic mass is 16.6. The SMILES string of the molecule is COC(C)(CNC(=O)OC(C)(C)C)C1CC1. The molecule has 1 amide bonds. The van der Waals surface area contributed by atoms with Gasteiger partial charge < -0.3 is 14.8 Å². The van der Waals surface area contributed by atoms with E-state index in [1.807, 2.05) is 27.7 Å². The number of rotatable bonds is 4. The van der Waals surface area contributed by atoms with E-state index in [1.165, 1.54) is 12.8 Å². The molecule has 4 heteroatoms. The first-order chi connectivity index (χ1) is 7.27. The second-order valence-corrected chi connectivity index (χ2v) is 5.65. The Bertz CT molecular complexity index is 255. The quantitative estimate of drug-likeness (QED) is 0.804. The molecule has 1 rings (SSSR count). The molecule has 0 spiro atoms. The minimum absolute atomic E-state index is 0.253. The minimum Gasteiger partial charge on any atom is -0.444 e. The monoisotopic (exact) mass is 229 g/mol. The number of hydrogen-bond acceptors (Lipinski definition) is 3. The normalized spacial score (nSPS) is 20.1. The molecule has 0 aromatic carbocycles. The van der Waals surface area contributed by atoms with E-state index in [0.29, 0.717) is 12.5 Å². The van der Waals surface area contributed by atoms with E-state index in [0.717, 1.165) is 0 Å². The van der Waals surface area contributed by atoms with Gasteiger partial charge in [-0.3, -0.25) is 0 Å². The Hall–Kier alpha value is -0.770. The number of methoxy groups -OCH3 is 1. The summed E-state index contributed by atoms with van der Waals surface area (Å²) < 4.78 is 10.6. The fourth-order valence-corrected chi connectivity index (χ4v) is 1.64. The lowest BCUT2D eigenvalue weighted by Crippen LogP contribution is -2.45. The number of carbonyl (C=O) groups is 1. The lowest BCUT2D eigenvalue weighted by molar-refractivity contribution is -0.0157. The molecule has 94 valence electrons. The van der Waals surface area contributed by atoms with Crippen LogP contribution in [-0.4, -0.2) is 30.9 Å². The smallest absolute Gasteiger partial charge is 0.407 e. The fourth-order valence-electron chi connectivity index (χ4n) is 1.64. The molecule has 1 saturated carbocycles. The number of alkyl carbamates (subject to hydrolysis) is 1. The summed E-state index contributed by atoms with van der Waals surface area (Å²) in [5, 5.41) is 2.77. The molecule has 0 aliphatic heterocycles. The minimum atomic E-state index is -0.451. The maximum Gasteiger partial charge on any atom is 0.407 e. The zero-order valence-corrected chi connectivity index (χ0v) is 10.9. The zero-order chi connectivity index (χ0) is 12.4. The first kappa shape index (κ1) is 13.3. The molecule has 0 saturated heterocycles. The van der Waals surface area contributed by atoms with Crippen molar-refractivity contribution >= 4 is 6.09 Å². The van der Waals surface area contributed by atoms with Crippen LogP contribution in [0.2, 0.25) is 0 Å². The topological polar surface area (TPSA) is 47.6 Å². The van der Waals surface area contributed by atoms with Crippen molar-refractivity contribution in [3.63, 3.8) is 0 Å². The summed E-state index contributed by atoms with van der Waals surface area (Å²) in [5.41, 5.74) is -0.704. The van der Waals surface area contributed by atoms with Crippen molar-refractivity contribution in [2.75, 3.05) is 13.7 Å². The van der Waals surface area contributed by atoms with Gasteiger partial charge in [0, 0.05) is 13.7 Å². The molecule has 0 radical (unpaired) electrons. The number of amides is 1. The molecule has 1 unspecified atom stereocenters. The standard InChI is InChI=1S/C12H23NO3/c1-11(2,3)16-10(14)13-8-12(4,15-5)9-6-7-9/h9H,6-8H2,1-5H3,(H,13,14). The highest BCUT2D eigenvalue weighted by molar-refractivity contribution is 5.67. The van der Waals surface area contributed by atoms with Crippen LogP contribution >= 0.6 is 0 Å². The molecular weight excluding hydrogens is 206 g/mol. The van der Waals surface area contributed by atoms with Gasteiger partial charge in [-0.1, -0.05) is 0 Å². The lowest BCUT2D eigenvalue weighted by Gasteiger charge is -2.29. The summed E-state index contributed by atoms with van der Waals surface area (Å²) in [6, 6.07) is 0. The molecule has 1 fully saturated rings. The molecule has 0 heterocycles. The number of ether oxygens (including phenoxy) is 2. The zero-order valence-electron chi connectivity index (χ0n) is 10.9. The Labute approximate surface area is 97.7 Å². The van der Waals surface area contributed by atoms with E-state index < -0.39 is 5.60 Å². The van der Waals surface area contributed by atoms with Gasteiger partial charge in [-0.15, -0.1) is 0 Å². The van der Waals surface area contributed by atoms with E-state index in [2.05, 4.69) is 5.32 Å². The van der Waals surface area contributed by atoms with E-state index in [1.54, 1.807) is 7.11 Å². The van der Waals surface area contributed by atoms with Crippen LogP contribution in [0.25, 0.3) is 0 Å². The number of nitrogens with one attached hydrogen (secondary N) is 1. The maximum absolute atomic E-state index is 11.5. The molecule has 0 bridgehead atoms. The van der Waals surface area contributed by atoms with Gasteiger partial charge in [0.05, 0.1) is 5.60 Å². The third kappa shape index (κ3) is 4.00. The fraction of sp³-hybridized carbons (Fsp3) is 0.917. The van der Waals surface area contributed by atoms with E-state index in [4.69, 9.17) is 9.47 Å². The molecule has 4 nitrogen and oxygen atoms in total. The third-order valence-corrected chi connectivity index (χ3v) is 2.89. The summed E-state index contributed by atoms with van der Waals surface area (Å²) in [4.78, 5) is 11.5. The van der Waals surface area contributed by atoms with E-state index in [9.17, 15) is 4.79 Å². The Balaban J connectivity index is 2.35. The van der Waals surface area contributed by atoms with Crippen molar-refractivity contribution in [1.82, 2.24) is 5.32 Å². The van der Waals surface area contributed by atoms with Gasteiger partial charge >= 0.3 is 6.09 Å². The first-order valence-electron chi connectivity index (χ1n) is 5.79. The molecule has 1 aliphatic rings. The van der Waals surface area contributed by atoms with Crippen LogP contribution in [-0.2, 0) is 9.47 Å². The van der Waals surface area contributed by atoms with Gasteiger partial charge in [-0.2, -0.15) is 0 Å². The Morgan fingerprint density at radius 1 is 1.31 bits per heavy atom. The summed E-state index contributed by atoms with van der Waals surface area (Å²) >= 11 is 0. The maximum atomic E-state index is 11.5. The van der Waals surface area contributed by atoms with Crippen molar-refractivity contribution in [1.29, 1.82) is 0 Å². The van der Waals surface area contributed by atoms with Crippen molar-refractivity contribution < 1.29 is 14.3 Å². The Morgan fingerprint density at radius 2 is 1.88 bits per heavy atom. The third-order valence-electron chi connectivity index (χ3n) is 2.89. The van der Waals surface area contributed by atoms with Crippen LogP contribution in [0.4, 0.5) is 4.79 Å². The largest absolute Gasteiger partial charge is 0.444 e. The predicted octanol–water partition coefficient (Wildman–Crippen LogP) is 2.33. The van der Waals surface area contributed by atoms with Gasteiger partial charge in [0.1, 0.15) is 5.60 Å². The predicted molar refractivity (Wildman–Crippen MR) is 62.4 cm³/mol. The Morgan fingerprint density at radius 3 is 2.25 bits per heavy atom. The second kappa shape index (κ2) is 4.62. The number of carbonyl (C=O) groups excluding carboxylic acids is 1. The van der Waals surface area contributed by atoms with Gasteiger partial charge in [-0.05, 0) is 46.5 Å². The van der Waals surface area contributed by atoms with Crippen LogP contribution in [0, 0.1) is 5.92 Å². The first-order valence-corrected chi connectivity index (χ1v) is 5.79. The molecular formula is C12H23NO3. The van der Waals surface area contributed by atoms with Crippen molar-refractivity contribution in [3.8, 4) is 0 Å².